The van der Waals surface area contributed by atoms with E-state index in [1.165, 1.54) is 0 Å². The van der Waals surface area contributed by atoms with Crippen molar-refractivity contribution >= 4 is 17.7 Å². The van der Waals surface area contributed by atoms with Crippen molar-refractivity contribution in [3.63, 3.8) is 0 Å². The van der Waals surface area contributed by atoms with E-state index in [0.29, 0.717) is 17.0 Å². The minimum Gasteiger partial charge on any atom is -0.444 e. The van der Waals surface area contributed by atoms with Crippen molar-refractivity contribution in [2.75, 3.05) is 0 Å². The van der Waals surface area contributed by atoms with Crippen LogP contribution in [0.15, 0.2) is 24.3 Å². The maximum Gasteiger partial charge on any atom is 0.411 e. The second-order valence-corrected chi connectivity index (χ2v) is 8.14. The van der Waals surface area contributed by atoms with Crippen LogP contribution in [0.2, 0.25) is 5.02 Å². The highest BCUT2D eigenvalue weighted by Gasteiger charge is 2.47. The molecule has 0 saturated carbocycles. The zero-order valence-corrected chi connectivity index (χ0v) is 15.2. The first-order chi connectivity index (χ1) is 10.5. The minimum atomic E-state index is -0.835. The van der Waals surface area contributed by atoms with Gasteiger partial charge in [0.15, 0.2) is 0 Å². The summed E-state index contributed by atoms with van der Waals surface area (Å²) in [4.78, 5) is 14.3. The molecule has 2 atom stereocenters. The zero-order valence-electron chi connectivity index (χ0n) is 14.5. The SMILES string of the molecule is CC(C)(C)OC(=O)N1[C@@H]([C@H](O)c2ccccc2Cl)CCC1(C)C. The third-order valence-electron chi connectivity index (χ3n) is 4.21. The van der Waals surface area contributed by atoms with Crippen LogP contribution in [0.25, 0.3) is 0 Å². The molecule has 1 N–H and O–H groups in total. The number of carbonyl (C=O) groups is 1. The number of likely N-dealkylation sites (tertiary alicyclic amines) is 1. The molecule has 2 rings (SSSR count). The van der Waals surface area contributed by atoms with Crippen LogP contribution in [0.3, 0.4) is 0 Å². The summed E-state index contributed by atoms with van der Waals surface area (Å²) in [7, 11) is 0. The van der Waals surface area contributed by atoms with Gasteiger partial charge in [-0.1, -0.05) is 29.8 Å². The van der Waals surface area contributed by atoms with E-state index in [0.717, 1.165) is 6.42 Å². The van der Waals surface area contributed by atoms with E-state index in [4.69, 9.17) is 16.3 Å². The van der Waals surface area contributed by atoms with Crippen molar-refractivity contribution < 1.29 is 14.6 Å². The van der Waals surface area contributed by atoms with Gasteiger partial charge in [0.2, 0.25) is 0 Å². The Labute approximate surface area is 143 Å². The maximum absolute atomic E-state index is 12.7. The van der Waals surface area contributed by atoms with E-state index >= 15 is 0 Å². The molecular weight excluding hydrogens is 314 g/mol. The van der Waals surface area contributed by atoms with Crippen LogP contribution in [0.5, 0.6) is 0 Å². The van der Waals surface area contributed by atoms with E-state index in [-0.39, 0.29) is 11.6 Å². The highest BCUT2D eigenvalue weighted by atomic mass is 35.5. The van der Waals surface area contributed by atoms with Gasteiger partial charge < -0.3 is 9.84 Å². The molecule has 1 saturated heterocycles. The summed E-state index contributed by atoms with van der Waals surface area (Å²) in [5.74, 6) is 0. The number of halogens is 1. The topological polar surface area (TPSA) is 49.8 Å². The summed E-state index contributed by atoms with van der Waals surface area (Å²) in [5.41, 5.74) is -0.296. The Morgan fingerprint density at radius 1 is 1.39 bits per heavy atom. The summed E-state index contributed by atoms with van der Waals surface area (Å²) in [6, 6.07) is 6.86. The lowest BCUT2D eigenvalue weighted by molar-refractivity contribution is -0.0166. The third kappa shape index (κ3) is 3.99. The van der Waals surface area contributed by atoms with Crippen molar-refractivity contribution in [1.82, 2.24) is 4.90 Å². The molecule has 0 radical (unpaired) electrons. The largest absolute Gasteiger partial charge is 0.444 e. The number of aliphatic hydroxyl groups is 1. The fourth-order valence-electron chi connectivity index (χ4n) is 3.11. The Morgan fingerprint density at radius 2 is 2.00 bits per heavy atom. The average Bonchev–Trinajstić information content (AvgIpc) is 2.72. The van der Waals surface area contributed by atoms with E-state index in [1.54, 1.807) is 17.0 Å². The standard InChI is InChI=1S/C18H26ClNO3/c1-17(2,3)23-16(22)20-14(10-11-18(20,4)5)15(21)12-8-6-7-9-13(12)19/h6-9,14-15,21H,10-11H2,1-5H3/t14-,15-/m1/s1. The predicted molar refractivity (Wildman–Crippen MR) is 91.6 cm³/mol. The molecule has 1 amide bonds. The van der Waals surface area contributed by atoms with Crippen LogP contribution in [-0.4, -0.2) is 33.3 Å². The molecule has 4 nitrogen and oxygen atoms in total. The third-order valence-corrected chi connectivity index (χ3v) is 4.56. The molecular formula is C18H26ClNO3. The van der Waals surface area contributed by atoms with Crippen LogP contribution < -0.4 is 0 Å². The number of rotatable bonds is 2. The van der Waals surface area contributed by atoms with Crippen molar-refractivity contribution in [2.24, 2.45) is 0 Å². The summed E-state index contributed by atoms with van der Waals surface area (Å²) < 4.78 is 5.55. The van der Waals surface area contributed by atoms with Gasteiger partial charge in [-0.25, -0.2) is 4.79 Å². The molecule has 0 unspecified atom stereocenters. The van der Waals surface area contributed by atoms with Gasteiger partial charge in [0, 0.05) is 16.1 Å². The normalized spacial score (nSPS) is 22.0. The van der Waals surface area contributed by atoms with Gasteiger partial charge in [0.05, 0.1) is 6.04 Å². The van der Waals surface area contributed by atoms with E-state index < -0.39 is 17.8 Å². The number of benzene rings is 1. The summed E-state index contributed by atoms with van der Waals surface area (Å²) in [6.45, 7) is 9.51. The van der Waals surface area contributed by atoms with Gasteiger partial charge >= 0.3 is 6.09 Å². The molecule has 23 heavy (non-hydrogen) atoms. The zero-order chi connectivity index (χ0) is 17.4. The number of hydrogen-bond donors (Lipinski definition) is 1. The van der Waals surface area contributed by atoms with Crippen LogP contribution in [0.4, 0.5) is 4.79 Å². The van der Waals surface area contributed by atoms with Gasteiger partial charge in [-0.2, -0.15) is 0 Å². The molecule has 1 aliphatic rings. The monoisotopic (exact) mass is 339 g/mol. The van der Waals surface area contributed by atoms with E-state index in [1.807, 2.05) is 46.8 Å². The molecule has 0 aliphatic carbocycles. The van der Waals surface area contributed by atoms with Crippen molar-refractivity contribution in [1.29, 1.82) is 0 Å². The average molecular weight is 340 g/mol. The Kier molecular flexibility index (Phi) is 4.97. The van der Waals surface area contributed by atoms with Crippen LogP contribution >= 0.6 is 11.6 Å². The van der Waals surface area contributed by atoms with Crippen molar-refractivity contribution in [3.8, 4) is 0 Å². The molecule has 1 heterocycles. The molecule has 1 aliphatic heterocycles. The van der Waals surface area contributed by atoms with Crippen molar-refractivity contribution in [2.45, 2.75) is 70.7 Å². The lowest BCUT2D eigenvalue weighted by atomic mass is 10.00. The Balaban J connectivity index is 2.30. The van der Waals surface area contributed by atoms with Gasteiger partial charge in [-0.15, -0.1) is 0 Å². The van der Waals surface area contributed by atoms with Crippen LogP contribution in [0, 0.1) is 0 Å². The Hall–Kier alpha value is -1.26. The van der Waals surface area contributed by atoms with Gasteiger partial charge in [-0.05, 0) is 53.5 Å². The van der Waals surface area contributed by atoms with Crippen molar-refractivity contribution in [3.05, 3.63) is 34.9 Å². The fourth-order valence-corrected chi connectivity index (χ4v) is 3.36. The molecule has 0 bridgehead atoms. The van der Waals surface area contributed by atoms with Gasteiger partial charge in [0.1, 0.15) is 11.7 Å². The molecule has 128 valence electrons. The second-order valence-electron chi connectivity index (χ2n) is 7.74. The first kappa shape index (κ1) is 18.1. The molecule has 1 aromatic rings. The Bertz CT molecular complexity index is 580. The van der Waals surface area contributed by atoms with E-state index in [2.05, 4.69) is 0 Å². The predicted octanol–water partition coefficient (Wildman–Crippen LogP) is 4.55. The number of nitrogens with zero attached hydrogens (tertiary/aromatic N) is 1. The number of amides is 1. The summed E-state index contributed by atoms with van der Waals surface area (Å²) in [6.07, 6.45) is 0.283. The van der Waals surface area contributed by atoms with Crippen LogP contribution in [-0.2, 0) is 4.74 Å². The molecule has 1 fully saturated rings. The Morgan fingerprint density at radius 3 is 2.57 bits per heavy atom. The van der Waals surface area contributed by atoms with Gasteiger partial charge in [0.25, 0.3) is 0 Å². The van der Waals surface area contributed by atoms with Gasteiger partial charge in [-0.3, -0.25) is 4.90 Å². The first-order valence-corrected chi connectivity index (χ1v) is 8.35. The molecule has 5 heteroatoms. The number of hydrogen-bond acceptors (Lipinski definition) is 3. The molecule has 1 aromatic carbocycles. The minimum absolute atomic E-state index is 0.347. The lowest BCUT2D eigenvalue weighted by Gasteiger charge is -2.38. The quantitative estimate of drug-likeness (QED) is 0.859. The number of carbonyl (C=O) groups excluding carboxylic acids is 1. The second kappa shape index (κ2) is 6.33. The number of ether oxygens (including phenoxy) is 1. The summed E-state index contributed by atoms with van der Waals surface area (Å²) >= 11 is 6.21. The number of aliphatic hydroxyl groups excluding tert-OH is 1. The van der Waals surface area contributed by atoms with E-state index in [9.17, 15) is 9.90 Å². The lowest BCUT2D eigenvalue weighted by Crippen LogP contribution is -2.50. The summed E-state index contributed by atoms with van der Waals surface area (Å²) in [5, 5.41) is 11.3. The molecule has 0 spiro atoms. The van der Waals surface area contributed by atoms with Crippen LogP contribution in [0.1, 0.15) is 59.1 Å². The maximum atomic E-state index is 12.7. The molecule has 0 aromatic heterocycles. The highest BCUT2D eigenvalue weighted by molar-refractivity contribution is 6.31. The smallest absolute Gasteiger partial charge is 0.411 e. The highest BCUT2D eigenvalue weighted by Crippen LogP contribution is 2.41. The first-order valence-electron chi connectivity index (χ1n) is 7.98. The fraction of sp³-hybridized carbons (Fsp3) is 0.611.